The fourth-order valence-corrected chi connectivity index (χ4v) is 2.82. The largest absolute Gasteiger partial charge is 0.439 e. The molecule has 0 saturated carbocycles. The molecule has 0 unspecified atom stereocenters. The number of rotatable bonds is 3. The van der Waals surface area contributed by atoms with Gasteiger partial charge in [0.1, 0.15) is 6.04 Å². The molecule has 2 aromatic heterocycles. The van der Waals surface area contributed by atoms with Crippen molar-refractivity contribution in [2.75, 3.05) is 0 Å². The summed E-state index contributed by atoms with van der Waals surface area (Å²) in [5, 5.41) is 10.5. The summed E-state index contributed by atoms with van der Waals surface area (Å²) in [6.45, 7) is 0. The van der Waals surface area contributed by atoms with Crippen molar-refractivity contribution in [2.24, 2.45) is 0 Å². The van der Waals surface area contributed by atoms with Gasteiger partial charge in [0.25, 0.3) is 0 Å². The first-order valence-corrected chi connectivity index (χ1v) is 7.55. The van der Waals surface area contributed by atoms with Gasteiger partial charge in [0, 0.05) is 29.7 Å². The van der Waals surface area contributed by atoms with Gasteiger partial charge in [-0.1, -0.05) is 30.3 Å². The zero-order valence-electron chi connectivity index (χ0n) is 12.7. The lowest BCUT2D eigenvalue weighted by Gasteiger charge is -2.17. The Labute approximate surface area is 138 Å². The number of hydrogen-bond donors (Lipinski definition) is 1. The molecule has 6 nitrogen and oxygen atoms in total. The quantitative estimate of drug-likeness (QED) is 0.803. The molecule has 1 aliphatic rings. The van der Waals surface area contributed by atoms with Gasteiger partial charge in [0.15, 0.2) is 6.10 Å². The highest BCUT2D eigenvalue weighted by Gasteiger charge is 2.36. The molecule has 1 aromatic carbocycles. The first-order chi connectivity index (χ1) is 11.8. The molecule has 1 aliphatic heterocycles. The van der Waals surface area contributed by atoms with Crippen LogP contribution >= 0.6 is 0 Å². The number of carbonyl (C=O) groups is 1. The molecule has 1 N–H and O–H groups in total. The summed E-state index contributed by atoms with van der Waals surface area (Å²) in [6, 6.07) is 13.5. The number of hydrogen-bond acceptors (Lipinski definition) is 5. The Morgan fingerprint density at radius 1 is 0.917 bits per heavy atom. The van der Waals surface area contributed by atoms with Crippen LogP contribution in [-0.4, -0.2) is 21.3 Å². The van der Waals surface area contributed by atoms with Crippen LogP contribution in [0.15, 0.2) is 67.3 Å². The summed E-state index contributed by atoms with van der Waals surface area (Å²) < 4.78 is 5.41. The third-order valence-electron chi connectivity index (χ3n) is 3.97. The standard InChI is InChI=1S/C18H14N4O2/c23-18-22-16(17(24-18)13-6-7-20-21-11-13)15-8-14(9-19-10-15)12-4-2-1-3-5-12/h1-11,16-17H,(H,22,23)/t16-,17+/m1/s1. The van der Waals surface area contributed by atoms with Crippen LogP contribution in [0, 0.1) is 0 Å². The Bertz CT molecular complexity index is 855. The number of nitrogens with zero attached hydrogens (tertiary/aromatic N) is 3. The normalized spacial score (nSPS) is 19.6. The van der Waals surface area contributed by atoms with Gasteiger partial charge in [-0.2, -0.15) is 10.2 Å². The molecule has 1 amide bonds. The van der Waals surface area contributed by atoms with Crippen molar-refractivity contribution < 1.29 is 9.53 Å². The van der Waals surface area contributed by atoms with Crippen molar-refractivity contribution in [3.63, 3.8) is 0 Å². The maximum atomic E-state index is 11.8. The van der Waals surface area contributed by atoms with Crippen molar-refractivity contribution in [1.29, 1.82) is 0 Å². The maximum Gasteiger partial charge on any atom is 0.408 e. The maximum absolute atomic E-state index is 11.8. The molecule has 0 aliphatic carbocycles. The first kappa shape index (κ1) is 14.3. The average molecular weight is 318 g/mol. The van der Waals surface area contributed by atoms with E-state index in [0.717, 1.165) is 22.3 Å². The number of cyclic esters (lactones) is 1. The van der Waals surface area contributed by atoms with E-state index in [2.05, 4.69) is 20.5 Å². The summed E-state index contributed by atoms with van der Waals surface area (Å²) in [7, 11) is 0. The summed E-state index contributed by atoms with van der Waals surface area (Å²) in [6.07, 6.45) is 5.82. The lowest BCUT2D eigenvalue weighted by Crippen LogP contribution is -2.19. The summed E-state index contributed by atoms with van der Waals surface area (Å²) in [5.41, 5.74) is 3.72. The van der Waals surface area contributed by atoms with Gasteiger partial charge in [-0.05, 0) is 23.3 Å². The second-order valence-electron chi connectivity index (χ2n) is 5.50. The van der Waals surface area contributed by atoms with Gasteiger partial charge in [0.2, 0.25) is 0 Å². The Morgan fingerprint density at radius 2 is 1.79 bits per heavy atom. The van der Waals surface area contributed by atoms with E-state index in [1.165, 1.54) is 0 Å². The minimum atomic E-state index is -0.458. The Hall–Kier alpha value is -3.28. The van der Waals surface area contributed by atoms with Crippen LogP contribution in [0.3, 0.4) is 0 Å². The van der Waals surface area contributed by atoms with E-state index >= 15 is 0 Å². The van der Waals surface area contributed by atoms with Crippen LogP contribution < -0.4 is 5.32 Å². The van der Waals surface area contributed by atoms with Crippen molar-refractivity contribution in [3.8, 4) is 11.1 Å². The van der Waals surface area contributed by atoms with E-state index < -0.39 is 12.2 Å². The number of carbonyl (C=O) groups excluding carboxylic acids is 1. The summed E-state index contributed by atoms with van der Waals surface area (Å²) in [4.78, 5) is 16.1. The molecular weight excluding hydrogens is 304 g/mol. The number of nitrogens with one attached hydrogen (secondary N) is 1. The Kier molecular flexibility index (Phi) is 3.63. The highest BCUT2D eigenvalue weighted by atomic mass is 16.6. The van der Waals surface area contributed by atoms with Gasteiger partial charge >= 0.3 is 6.09 Å². The third kappa shape index (κ3) is 2.69. The van der Waals surface area contributed by atoms with E-state index in [4.69, 9.17) is 4.74 Å². The lowest BCUT2D eigenvalue weighted by atomic mass is 9.97. The number of ether oxygens (including phenoxy) is 1. The van der Waals surface area contributed by atoms with Crippen molar-refractivity contribution >= 4 is 6.09 Å². The summed E-state index contributed by atoms with van der Waals surface area (Å²) in [5.74, 6) is 0. The zero-order chi connectivity index (χ0) is 16.4. The minimum absolute atomic E-state index is 0.321. The molecule has 0 bridgehead atoms. The summed E-state index contributed by atoms with van der Waals surface area (Å²) >= 11 is 0. The van der Waals surface area contributed by atoms with Crippen LogP contribution in [0.5, 0.6) is 0 Å². The highest BCUT2D eigenvalue weighted by molar-refractivity contribution is 5.71. The monoisotopic (exact) mass is 318 g/mol. The predicted molar refractivity (Wildman–Crippen MR) is 86.8 cm³/mol. The van der Waals surface area contributed by atoms with E-state index in [9.17, 15) is 4.79 Å². The molecule has 3 aromatic rings. The molecule has 4 rings (SSSR count). The molecule has 1 fully saturated rings. The molecule has 3 heterocycles. The number of alkyl carbamates (subject to hydrolysis) is 1. The first-order valence-electron chi connectivity index (χ1n) is 7.55. The number of amides is 1. The van der Waals surface area contributed by atoms with Crippen LogP contribution in [0.2, 0.25) is 0 Å². The fourth-order valence-electron chi connectivity index (χ4n) is 2.82. The average Bonchev–Trinajstić information content (AvgIpc) is 3.05. The highest BCUT2D eigenvalue weighted by Crippen LogP contribution is 2.36. The van der Waals surface area contributed by atoms with Gasteiger partial charge in [-0.25, -0.2) is 4.79 Å². The smallest absolute Gasteiger partial charge is 0.408 e. The zero-order valence-corrected chi connectivity index (χ0v) is 12.7. The SMILES string of the molecule is O=C1N[C@H](c2cncc(-c3ccccc3)c2)[C@H](c2ccnnc2)O1. The number of benzene rings is 1. The van der Waals surface area contributed by atoms with E-state index in [0.29, 0.717) is 0 Å². The van der Waals surface area contributed by atoms with Crippen LogP contribution in [-0.2, 0) is 4.74 Å². The molecule has 2 atom stereocenters. The van der Waals surface area contributed by atoms with E-state index in [1.807, 2.05) is 36.4 Å². The molecule has 24 heavy (non-hydrogen) atoms. The fraction of sp³-hybridized carbons (Fsp3) is 0.111. The lowest BCUT2D eigenvalue weighted by molar-refractivity contribution is 0.132. The minimum Gasteiger partial charge on any atom is -0.439 e. The Morgan fingerprint density at radius 3 is 2.58 bits per heavy atom. The second kappa shape index (κ2) is 6.08. The Balaban J connectivity index is 1.71. The molecule has 6 heteroatoms. The molecule has 0 spiro atoms. The second-order valence-corrected chi connectivity index (χ2v) is 5.50. The van der Waals surface area contributed by atoms with Crippen LogP contribution in [0.4, 0.5) is 4.79 Å². The molecule has 1 saturated heterocycles. The topological polar surface area (TPSA) is 77.0 Å². The van der Waals surface area contributed by atoms with Gasteiger partial charge < -0.3 is 10.1 Å². The van der Waals surface area contributed by atoms with Crippen LogP contribution in [0.25, 0.3) is 11.1 Å². The predicted octanol–water partition coefficient (Wildman–Crippen LogP) is 3.06. The number of pyridine rings is 1. The van der Waals surface area contributed by atoms with Gasteiger partial charge in [0.05, 0.1) is 6.20 Å². The molecular formula is C18H14N4O2. The van der Waals surface area contributed by atoms with Crippen LogP contribution in [0.1, 0.15) is 23.3 Å². The van der Waals surface area contributed by atoms with Crippen molar-refractivity contribution in [1.82, 2.24) is 20.5 Å². The van der Waals surface area contributed by atoms with Crippen molar-refractivity contribution in [3.05, 3.63) is 78.4 Å². The van der Waals surface area contributed by atoms with Gasteiger partial charge in [-0.3, -0.25) is 4.98 Å². The van der Waals surface area contributed by atoms with Crippen molar-refractivity contribution in [2.45, 2.75) is 12.1 Å². The third-order valence-corrected chi connectivity index (χ3v) is 3.97. The van der Waals surface area contributed by atoms with E-state index in [-0.39, 0.29) is 6.04 Å². The molecule has 118 valence electrons. The molecule has 0 radical (unpaired) electrons. The van der Waals surface area contributed by atoms with Gasteiger partial charge in [-0.15, -0.1) is 0 Å². The van der Waals surface area contributed by atoms with E-state index in [1.54, 1.807) is 30.9 Å². The number of aromatic nitrogens is 3.